The fourth-order valence-electron chi connectivity index (χ4n) is 1.13. The summed E-state index contributed by atoms with van der Waals surface area (Å²) in [6, 6.07) is 3.39. The van der Waals surface area contributed by atoms with E-state index in [1.54, 1.807) is 6.92 Å². The third-order valence-corrected chi connectivity index (χ3v) is 1.82. The smallest absolute Gasteiger partial charge is 0.339 e. The van der Waals surface area contributed by atoms with E-state index in [1.165, 1.54) is 18.2 Å². The van der Waals surface area contributed by atoms with Gasteiger partial charge in [-0.05, 0) is 19.1 Å². The van der Waals surface area contributed by atoms with Gasteiger partial charge in [0.1, 0.15) is 11.3 Å². The maximum atomic E-state index is 11.1. The molecule has 6 nitrogen and oxygen atoms in total. The summed E-state index contributed by atoms with van der Waals surface area (Å²) in [6.07, 6.45) is 0. The molecular weight excluding hydrogens is 212 g/mol. The number of urea groups is 1. The number of anilines is 1. The van der Waals surface area contributed by atoms with Gasteiger partial charge in [-0.3, -0.25) is 0 Å². The fraction of sp³-hybridized carbons (Fsp3) is 0.200. The third kappa shape index (κ3) is 2.88. The highest BCUT2D eigenvalue weighted by Crippen LogP contribution is 2.21. The van der Waals surface area contributed by atoms with Gasteiger partial charge in [-0.1, -0.05) is 0 Å². The second-order valence-corrected chi connectivity index (χ2v) is 3.02. The number of benzene rings is 1. The molecule has 0 spiro atoms. The number of aromatic carboxylic acids is 1. The van der Waals surface area contributed by atoms with Gasteiger partial charge in [0.25, 0.3) is 0 Å². The Labute approximate surface area is 91.9 Å². The first kappa shape index (κ1) is 11.8. The van der Waals surface area contributed by atoms with Crippen molar-refractivity contribution in [3.05, 3.63) is 23.8 Å². The summed E-state index contributed by atoms with van der Waals surface area (Å²) in [5, 5.41) is 23.0. The first-order valence-corrected chi connectivity index (χ1v) is 4.65. The van der Waals surface area contributed by atoms with Gasteiger partial charge in [0.2, 0.25) is 0 Å². The lowest BCUT2D eigenvalue weighted by Crippen LogP contribution is -2.28. The van der Waals surface area contributed by atoms with E-state index in [-0.39, 0.29) is 11.3 Å². The summed E-state index contributed by atoms with van der Waals surface area (Å²) >= 11 is 0. The Morgan fingerprint density at radius 2 is 2.06 bits per heavy atom. The van der Waals surface area contributed by atoms with Crippen LogP contribution in [0.2, 0.25) is 0 Å². The molecule has 0 saturated heterocycles. The van der Waals surface area contributed by atoms with Crippen LogP contribution >= 0.6 is 0 Å². The van der Waals surface area contributed by atoms with Crippen LogP contribution in [0, 0.1) is 0 Å². The van der Waals surface area contributed by atoms with E-state index in [1.807, 2.05) is 0 Å². The molecular formula is C10H12N2O4. The van der Waals surface area contributed by atoms with Crippen molar-refractivity contribution in [2.45, 2.75) is 6.92 Å². The van der Waals surface area contributed by atoms with E-state index in [0.29, 0.717) is 12.2 Å². The monoisotopic (exact) mass is 224 g/mol. The predicted molar refractivity (Wildman–Crippen MR) is 57.8 cm³/mol. The Bertz CT molecular complexity index is 417. The van der Waals surface area contributed by atoms with Crippen LogP contribution in [-0.2, 0) is 0 Å². The van der Waals surface area contributed by atoms with E-state index in [9.17, 15) is 14.7 Å². The topological polar surface area (TPSA) is 98.7 Å². The number of carboxylic acid groups (broad SMARTS) is 1. The van der Waals surface area contributed by atoms with E-state index in [4.69, 9.17) is 5.11 Å². The molecule has 86 valence electrons. The van der Waals surface area contributed by atoms with Gasteiger partial charge in [-0.25, -0.2) is 9.59 Å². The number of phenols is 1. The molecule has 0 bridgehead atoms. The summed E-state index contributed by atoms with van der Waals surface area (Å²) in [6.45, 7) is 2.25. The molecule has 0 aliphatic carbocycles. The largest absolute Gasteiger partial charge is 0.507 e. The number of carbonyl (C=O) groups excluding carboxylic acids is 1. The van der Waals surface area contributed by atoms with Crippen molar-refractivity contribution in [2.24, 2.45) is 0 Å². The third-order valence-electron chi connectivity index (χ3n) is 1.82. The SMILES string of the molecule is CCNC(=O)Nc1ccc(C(=O)O)c(O)c1. The average molecular weight is 224 g/mol. The van der Waals surface area contributed by atoms with Crippen molar-refractivity contribution in [1.29, 1.82) is 0 Å². The molecule has 0 atom stereocenters. The van der Waals surface area contributed by atoms with E-state index >= 15 is 0 Å². The number of nitrogens with one attached hydrogen (secondary N) is 2. The summed E-state index contributed by atoms with van der Waals surface area (Å²) in [4.78, 5) is 21.7. The summed E-state index contributed by atoms with van der Waals surface area (Å²) < 4.78 is 0. The van der Waals surface area contributed by atoms with E-state index < -0.39 is 12.0 Å². The maximum absolute atomic E-state index is 11.1. The maximum Gasteiger partial charge on any atom is 0.339 e. The van der Waals surface area contributed by atoms with E-state index in [0.717, 1.165) is 0 Å². The molecule has 1 aromatic carbocycles. The van der Waals surface area contributed by atoms with Crippen molar-refractivity contribution in [2.75, 3.05) is 11.9 Å². The second kappa shape index (κ2) is 5.01. The lowest BCUT2D eigenvalue weighted by Gasteiger charge is -2.07. The molecule has 1 rings (SSSR count). The molecule has 0 radical (unpaired) electrons. The standard InChI is InChI=1S/C10H12N2O4/c1-2-11-10(16)12-6-3-4-7(9(14)15)8(13)5-6/h3-5,13H,2H2,1H3,(H,14,15)(H2,11,12,16). The minimum absolute atomic E-state index is 0.207. The molecule has 0 saturated carbocycles. The molecule has 0 aromatic heterocycles. The molecule has 4 N–H and O–H groups in total. The molecule has 0 heterocycles. The molecule has 2 amide bonds. The first-order valence-electron chi connectivity index (χ1n) is 4.65. The zero-order chi connectivity index (χ0) is 12.1. The summed E-state index contributed by atoms with van der Waals surface area (Å²) in [7, 11) is 0. The molecule has 6 heteroatoms. The summed E-state index contributed by atoms with van der Waals surface area (Å²) in [5.74, 6) is -1.61. The number of carbonyl (C=O) groups is 2. The van der Waals surface area contributed by atoms with Crippen LogP contribution in [0.3, 0.4) is 0 Å². The van der Waals surface area contributed by atoms with Gasteiger partial charge >= 0.3 is 12.0 Å². The number of amides is 2. The number of hydrogen-bond donors (Lipinski definition) is 4. The second-order valence-electron chi connectivity index (χ2n) is 3.02. The predicted octanol–water partition coefficient (Wildman–Crippen LogP) is 1.23. The Kier molecular flexibility index (Phi) is 3.71. The van der Waals surface area contributed by atoms with Crippen LogP contribution in [0.1, 0.15) is 17.3 Å². The van der Waals surface area contributed by atoms with Gasteiger partial charge in [-0.15, -0.1) is 0 Å². The van der Waals surface area contributed by atoms with Gasteiger partial charge < -0.3 is 20.8 Å². The molecule has 16 heavy (non-hydrogen) atoms. The zero-order valence-electron chi connectivity index (χ0n) is 8.65. The van der Waals surface area contributed by atoms with Crippen LogP contribution in [0.5, 0.6) is 5.75 Å². The Morgan fingerprint density at radius 1 is 1.38 bits per heavy atom. The van der Waals surface area contributed by atoms with Crippen LogP contribution in [0.25, 0.3) is 0 Å². The minimum Gasteiger partial charge on any atom is -0.507 e. The number of rotatable bonds is 3. The lowest BCUT2D eigenvalue weighted by molar-refractivity contribution is 0.0694. The highest BCUT2D eigenvalue weighted by Gasteiger charge is 2.10. The van der Waals surface area contributed by atoms with Crippen molar-refractivity contribution < 1.29 is 19.8 Å². The molecule has 0 unspecified atom stereocenters. The molecule has 0 aliphatic heterocycles. The Hall–Kier alpha value is -2.24. The van der Waals surface area contributed by atoms with E-state index in [2.05, 4.69) is 10.6 Å². The first-order chi connectivity index (χ1) is 7.54. The van der Waals surface area contributed by atoms with Crippen LogP contribution in [0.4, 0.5) is 10.5 Å². The highest BCUT2D eigenvalue weighted by molar-refractivity contribution is 5.93. The minimum atomic E-state index is -1.22. The fourth-order valence-corrected chi connectivity index (χ4v) is 1.13. The molecule has 0 fully saturated rings. The average Bonchev–Trinajstić information content (AvgIpc) is 2.17. The summed E-state index contributed by atoms with van der Waals surface area (Å²) in [5.41, 5.74) is 0.120. The van der Waals surface area contributed by atoms with Crippen molar-refractivity contribution >= 4 is 17.7 Å². The van der Waals surface area contributed by atoms with Gasteiger partial charge in [0.05, 0.1) is 0 Å². The van der Waals surface area contributed by atoms with Gasteiger partial charge in [-0.2, -0.15) is 0 Å². The van der Waals surface area contributed by atoms with Crippen LogP contribution in [0.15, 0.2) is 18.2 Å². The van der Waals surface area contributed by atoms with Crippen LogP contribution in [-0.4, -0.2) is 28.8 Å². The Balaban J connectivity index is 2.81. The Morgan fingerprint density at radius 3 is 2.56 bits per heavy atom. The van der Waals surface area contributed by atoms with Gasteiger partial charge in [0, 0.05) is 18.3 Å². The zero-order valence-corrected chi connectivity index (χ0v) is 8.65. The van der Waals surface area contributed by atoms with Crippen LogP contribution < -0.4 is 10.6 Å². The van der Waals surface area contributed by atoms with Crippen molar-refractivity contribution in [3.63, 3.8) is 0 Å². The van der Waals surface area contributed by atoms with Gasteiger partial charge in [0.15, 0.2) is 0 Å². The number of carboxylic acids is 1. The number of aromatic hydroxyl groups is 1. The van der Waals surface area contributed by atoms with Crippen molar-refractivity contribution in [1.82, 2.24) is 5.32 Å². The molecule has 0 aliphatic rings. The lowest BCUT2D eigenvalue weighted by atomic mass is 10.2. The normalized spacial score (nSPS) is 9.56. The highest BCUT2D eigenvalue weighted by atomic mass is 16.4. The molecule has 1 aromatic rings. The number of hydrogen-bond acceptors (Lipinski definition) is 3. The van der Waals surface area contributed by atoms with Crippen molar-refractivity contribution in [3.8, 4) is 5.75 Å². The quantitative estimate of drug-likeness (QED) is 0.620.